The normalized spacial score (nSPS) is 23.8. The van der Waals surface area contributed by atoms with E-state index in [0.717, 1.165) is 15.6 Å². The highest BCUT2D eigenvalue weighted by molar-refractivity contribution is 9.10. The number of halogens is 1. The van der Waals surface area contributed by atoms with Crippen molar-refractivity contribution >= 4 is 26.0 Å². The first-order valence-electron chi connectivity index (χ1n) is 11.0. The summed E-state index contributed by atoms with van der Waals surface area (Å²) >= 11 is 3.38. The first-order chi connectivity index (χ1) is 15.9. The van der Waals surface area contributed by atoms with E-state index in [9.17, 15) is 13.5 Å². The predicted octanol–water partition coefficient (Wildman–Crippen LogP) is 5.33. The van der Waals surface area contributed by atoms with E-state index in [1.54, 1.807) is 24.3 Å². The van der Waals surface area contributed by atoms with Crippen molar-refractivity contribution in [3.63, 3.8) is 0 Å². The molecule has 3 aromatic rings. The SMILES string of the molecule is C=CCC1(c2ccccc2)CC(O)[C@H](Cc2ccccc2)N(S(=O)(=O)c2ccc(Br)cc2)C1. The van der Waals surface area contributed by atoms with Crippen LogP contribution in [0.25, 0.3) is 0 Å². The maximum absolute atomic E-state index is 13.9. The zero-order chi connectivity index (χ0) is 23.5. The van der Waals surface area contributed by atoms with Crippen LogP contribution in [0.3, 0.4) is 0 Å². The molecular weight excluding hydrogens is 498 g/mol. The Labute approximate surface area is 204 Å². The lowest BCUT2D eigenvalue weighted by Crippen LogP contribution is -2.60. The van der Waals surface area contributed by atoms with Crippen molar-refractivity contribution in [3.8, 4) is 0 Å². The number of rotatable bonds is 7. The highest BCUT2D eigenvalue weighted by Crippen LogP contribution is 2.42. The smallest absolute Gasteiger partial charge is 0.243 e. The van der Waals surface area contributed by atoms with Gasteiger partial charge in [0.05, 0.1) is 17.0 Å². The molecule has 1 aliphatic rings. The summed E-state index contributed by atoms with van der Waals surface area (Å²) in [5.74, 6) is 0. The van der Waals surface area contributed by atoms with Crippen molar-refractivity contribution in [1.82, 2.24) is 4.31 Å². The summed E-state index contributed by atoms with van der Waals surface area (Å²) < 4.78 is 30.2. The van der Waals surface area contributed by atoms with Crippen LogP contribution in [0.1, 0.15) is 24.0 Å². The molecule has 0 radical (unpaired) electrons. The quantitative estimate of drug-likeness (QED) is 0.424. The molecule has 0 amide bonds. The Morgan fingerprint density at radius 1 is 1.00 bits per heavy atom. The number of aliphatic hydroxyl groups is 1. The maximum atomic E-state index is 13.9. The number of hydrogen-bond donors (Lipinski definition) is 1. The second-order valence-electron chi connectivity index (χ2n) is 8.67. The molecule has 3 atom stereocenters. The summed E-state index contributed by atoms with van der Waals surface area (Å²) in [4.78, 5) is 0.221. The first-order valence-corrected chi connectivity index (χ1v) is 13.2. The zero-order valence-corrected chi connectivity index (χ0v) is 20.8. The van der Waals surface area contributed by atoms with Crippen molar-refractivity contribution in [2.75, 3.05) is 6.54 Å². The van der Waals surface area contributed by atoms with Crippen LogP contribution in [0.2, 0.25) is 0 Å². The van der Waals surface area contributed by atoms with Crippen LogP contribution in [0.5, 0.6) is 0 Å². The molecule has 0 aliphatic carbocycles. The van der Waals surface area contributed by atoms with Gasteiger partial charge in [0.15, 0.2) is 0 Å². The molecule has 0 saturated carbocycles. The number of allylic oxidation sites excluding steroid dienone is 1. The van der Waals surface area contributed by atoms with Crippen LogP contribution in [0.4, 0.5) is 0 Å². The molecule has 0 bridgehead atoms. The molecule has 0 aromatic heterocycles. The lowest BCUT2D eigenvalue weighted by molar-refractivity contribution is 0.0124. The molecule has 1 aliphatic heterocycles. The third kappa shape index (κ3) is 4.99. The molecule has 3 aromatic carbocycles. The minimum absolute atomic E-state index is 0.221. The maximum Gasteiger partial charge on any atom is 0.243 e. The van der Waals surface area contributed by atoms with E-state index in [4.69, 9.17) is 0 Å². The molecule has 1 fully saturated rings. The Morgan fingerprint density at radius 2 is 1.61 bits per heavy atom. The number of benzene rings is 3. The van der Waals surface area contributed by atoms with Crippen LogP contribution >= 0.6 is 15.9 Å². The molecule has 4 nitrogen and oxygen atoms in total. The van der Waals surface area contributed by atoms with Crippen molar-refractivity contribution in [2.45, 2.75) is 41.7 Å². The van der Waals surface area contributed by atoms with Crippen LogP contribution in [-0.4, -0.2) is 36.5 Å². The fourth-order valence-corrected chi connectivity index (χ4v) is 6.85. The third-order valence-electron chi connectivity index (χ3n) is 6.50. The number of sulfonamides is 1. The van der Waals surface area contributed by atoms with Gasteiger partial charge >= 0.3 is 0 Å². The van der Waals surface area contributed by atoms with Gasteiger partial charge in [-0.25, -0.2) is 8.42 Å². The largest absolute Gasteiger partial charge is 0.391 e. The fourth-order valence-electron chi connectivity index (χ4n) is 4.85. The van der Waals surface area contributed by atoms with Gasteiger partial charge in [-0.3, -0.25) is 0 Å². The Kier molecular flexibility index (Phi) is 7.19. The average molecular weight is 526 g/mol. The molecule has 1 saturated heterocycles. The average Bonchev–Trinajstić information content (AvgIpc) is 2.82. The summed E-state index contributed by atoms with van der Waals surface area (Å²) in [6, 6.07) is 25.7. The summed E-state index contributed by atoms with van der Waals surface area (Å²) in [6.07, 6.45) is 2.47. The first kappa shape index (κ1) is 23.9. The van der Waals surface area contributed by atoms with Crippen LogP contribution in [0.15, 0.2) is 107 Å². The van der Waals surface area contributed by atoms with Gasteiger partial charge in [0.2, 0.25) is 10.0 Å². The monoisotopic (exact) mass is 525 g/mol. The van der Waals surface area contributed by atoms with E-state index in [-0.39, 0.29) is 11.4 Å². The Balaban J connectivity index is 1.81. The minimum atomic E-state index is -3.86. The number of nitrogens with zero attached hydrogens (tertiary/aromatic N) is 1. The Morgan fingerprint density at radius 3 is 2.21 bits per heavy atom. The van der Waals surface area contributed by atoms with Gasteiger partial charge in [0.1, 0.15) is 0 Å². The van der Waals surface area contributed by atoms with Crippen LogP contribution in [0, 0.1) is 0 Å². The summed E-state index contributed by atoms with van der Waals surface area (Å²) in [7, 11) is -3.86. The van der Waals surface area contributed by atoms with E-state index in [1.165, 1.54) is 4.31 Å². The highest BCUT2D eigenvalue weighted by atomic mass is 79.9. The highest BCUT2D eigenvalue weighted by Gasteiger charge is 2.49. The topological polar surface area (TPSA) is 57.6 Å². The van der Waals surface area contributed by atoms with Crippen LogP contribution < -0.4 is 0 Å². The number of piperidine rings is 1. The van der Waals surface area contributed by atoms with E-state index in [0.29, 0.717) is 19.3 Å². The van der Waals surface area contributed by atoms with E-state index in [2.05, 4.69) is 22.5 Å². The molecular formula is C27H28BrNO3S. The Hall–Kier alpha value is -2.25. The summed E-state index contributed by atoms with van der Waals surface area (Å²) in [6.45, 7) is 4.21. The summed E-state index contributed by atoms with van der Waals surface area (Å²) in [5, 5.41) is 11.4. The van der Waals surface area contributed by atoms with Crippen molar-refractivity contribution in [3.05, 3.63) is 113 Å². The molecule has 33 heavy (non-hydrogen) atoms. The van der Waals surface area contributed by atoms with Gasteiger partial charge in [-0.1, -0.05) is 82.7 Å². The zero-order valence-electron chi connectivity index (χ0n) is 18.3. The van der Waals surface area contributed by atoms with Gasteiger partial charge < -0.3 is 5.11 Å². The van der Waals surface area contributed by atoms with Gasteiger partial charge in [-0.2, -0.15) is 4.31 Å². The molecule has 172 valence electrons. The second-order valence-corrected chi connectivity index (χ2v) is 11.5. The Bertz CT molecular complexity index is 1180. The van der Waals surface area contributed by atoms with Crippen molar-refractivity contribution < 1.29 is 13.5 Å². The van der Waals surface area contributed by atoms with E-state index >= 15 is 0 Å². The number of hydrogen-bond acceptors (Lipinski definition) is 3. The summed E-state index contributed by atoms with van der Waals surface area (Å²) in [5.41, 5.74) is 1.45. The van der Waals surface area contributed by atoms with Crippen molar-refractivity contribution in [2.24, 2.45) is 0 Å². The second kappa shape index (κ2) is 9.94. The van der Waals surface area contributed by atoms with Gasteiger partial charge in [-0.05, 0) is 54.7 Å². The molecule has 1 N–H and O–H groups in total. The fraction of sp³-hybridized carbons (Fsp3) is 0.259. The molecule has 0 spiro atoms. The molecule has 4 rings (SSSR count). The number of aliphatic hydroxyl groups excluding tert-OH is 1. The molecule has 6 heteroatoms. The lowest BCUT2D eigenvalue weighted by Gasteiger charge is -2.49. The minimum Gasteiger partial charge on any atom is -0.391 e. The lowest BCUT2D eigenvalue weighted by atomic mass is 9.69. The van der Waals surface area contributed by atoms with Gasteiger partial charge in [0.25, 0.3) is 0 Å². The molecule has 2 unspecified atom stereocenters. The van der Waals surface area contributed by atoms with Gasteiger partial charge in [-0.15, -0.1) is 6.58 Å². The molecule has 1 heterocycles. The van der Waals surface area contributed by atoms with E-state index < -0.39 is 27.6 Å². The predicted molar refractivity (Wildman–Crippen MR) is 136 cm³/mol. The van der Waals surface area contributed by atoms with Crippen molar-refractivity contribution in [1.29, 1.82) is 0 Å². The van der Waals surface area contributed by atoms with E-state index in [1.807, 2.05) is 66.7 Å². The van der Waals surface area contributed by atoms with Crippen LogP contribution in [-0.2, 0) is 21.9 Å². The third-order valence-corrected chi connectivity index (χ3v) is 8.92. The van der Waals surface area contributed by atoms with Gasteiger partial charge in [0, 0.05) is 16.4 Å². The standard InChI is InChI=1S/C27H28BrNO3S/c1-2-17-27(22-11-7-4-8-12-22)19-26(30)25(18-21-9-5-3-6-10-21)29(20-27)33(31,32)24-15-13-23(28)14-16-24/h2-16,25-26,30H,1,17-20H2/t25-,26?,27?/m0/s1.